The van der Waals surface area contributed by atoms with Gasteiger partial charge in [-0.2, -0.15) is 5.26 Å². The van der Waals surface area contributed by atoms with Crippen molar-refractivity contribution < 1.29 is 8.78 Å². The van der Waals surface area contributed by atoms with E-state index in [1.807, 2.05) is 0 Å². The fourth-order valence-electron chi connectivity index (χ4n) is 1.39. The molecule has 6 heteroatoms. The van der Waals surface area contributed by atoms with Crippen LogP contribution in [0.15, 0.2) is 40.1 Å². The van der Waals surface area contributed by atoms with Crippen LogP contribution in [0, 0.1) is 23.0 Å². The first-order chi connectivity index (χ1) is 9.01. The van der Waals surface area contributed by atoms with E-state index >= 15 is 0 Å². The predicted molar refractivity (Wildman–Crippen MR) is 71.7 cm³/mol. The van der Waals surface area contributed by atoms with Crippen molar-refractivity contribution >= 4 is 35.0 Å². The normalized spacial score (nSPS) is 10.3. The Labute approximate surface area is 122 Å². The van der Waals surface area contributed by atoms with Crippen LogP contribution in [0.5, 0.6) is 0 Å². The topological polar surface area (TPSA) is 23.8 Å². The zero-order chi connectivity index (χ0) is 14.0. The maximum Gasteiger partial charge on any atom is 0.141 e. The van der Waals surface area contributed by atoms with Gasteiger partial charge in [0.1, 0.15) is 11.6 Å². The van der Waals surface area contributed by atoms with E-state index in [0.717, 1.165) is 23.9 Å². The molecule has 0 atom stereocenters. The summed E-state index contributed by atoms with van der Waals surface area (Å²) in [7, 11) is 0. The number of hydrogen-bond acceptors (Lipinski definition) is 2. The number of hydrogen-bond donors (Lipinski definition) is 0. The number of nitrogens with zero attached hydrogens (tertiary/aromatic N) is 1. The minimum Gasteiger partial charge on any atom is -0.206 e. The number of halogens is 4. The summed E-state index contributed by atoms with van der Waals surface area (Å²) in [5, 5.41) is 9.38. The van der Waals surface area contributed by atoms with E-state index in [4.69, 9.17) is 28.5 Å². The molecule has 2 rings (SSSR count). The highest BCUT2D eigenvalue weighted by atomic mass is 35.5. The van der Waals surface area contributed by atoms with E-state index < -0.39 is 11.6 Å². The molecule has 19 heavy (non-hydrogen) atoms. The molecule has 96 valence electrons. The van der Waals surface area contributed by atoms with Gasteiger partial charge in [0, 0.05) is 9.92 Å². The molecule has 0 bridgehead atoms. The Balaban J connectivity index is 2.44. The summed E-state index contributed by atoms with van der Waals surface area (Å²) in [6, 6.07) is 8.29. The Bertz CT molecular complexity index is 660. The third kappa shape index (κ3) is 3.19. The van der Waals surface area contributed by atoms with E-state index in [-0.39, 0.29) is 10.5 Å². The molecule has 0 spiro atoms. The maximum atomic E-state index is 13.7. The lowest BCUT2D eigenvalue weighted by Gasteiger charge is -2.07. The van der Waals surface area contributed by atoms with E-state index in [2.05, 4.69) is 0 Å². The molecule has 0 N–H and O–H groups in total. The van der Waals surface area contributed by atoms with Gasteiger partial charge >= 0.3 is 0 Å². The van der Waals surface area contributed by atoms with Crippen LogP contribution in [-0.4, -0.2) is 0 Å². The summed E-state index contributed by atoms with van der Waals surface area (Å²) in [5.74, 6) is -1.62. The first kappa shape index (κ1) is 14.1. The fraction of sp³-hybridized carbons (Fsp3) is 0. The summed E-state index contributed by atoms with van der Waals surface area (Å²) in [5.41, 5.74) is -0.0726. The molecule has 0 unspecified atom stereocenters. The number of benzene rings is 2. The van der Waals surface area contributed by atoms with Gasteiger partial charge in [0.2, 0.25) is 0 Å². The quantitative estimate of drug-likeness (QED) is 0.751. The Morgan fingerprint density at radius 3 is 2.26 bits per heavy atom. The van der Waals surface area contributed by atoms with Crippen molar-refractivity contribution in [2.45, 2.75) is 9.79 Å². The molecule has 0 radical (unpaired) electrons. The minimum atomic E-state index is -0.808. The highest BCUT2D eigenvalue weighted by molar-refractivity contribution is 7.99. The van der Waals surface area contributed by atoms with Gasteiger partial charge in [-0.05, 0) is 30.3 Å². The van der Waals surface area contributed by atoms with Crippen LogP contribution in [0.4, 0.5) is 8.78 Å². The van der Waals surface area contributed by atoms with Crippen molar-refractivity contribution in [2.75, 3.05) is 0 Å². The average molecular weight is 316 g/mol. The molecule has 0 saturated carbocycles. The van der Waals surface area contributed by atoms with Crippen LogP contribution in [0.25, 0.3) is 0 Å². The third-order valence-corrected chi connectivity index (χ3v) is 4.06. The fourth-order valence-corrected chi connectivity index (χ4v) is 2.74. The second-order valence-corrected chi connectivity index (χ2v) is 5.45. The van der Waals surface area contributed by atoms with E-state index in [0.29, 0.717) is 14.9 Å². The number of rotatable bonds is 2. The molecular formula is C13H5Cl2F2NS. The van der Waals surface area contributed by atoms with Crippen LogP contribution in [0.3, 0.4) is 0 Å². The van der Waals surface area contributed by atoms with E-state index in [1.165, 1.54) is 6.07 Å². The zero-order valence-corrected chi connectivity index (χ0v) is 11.6. The minimum absolute atomic E-state index is 0.0726. The van der Waals surface area contributed by atoms with Gasteiger partial charge in [0.25, 0.3) is 0 Å². The van der Waals surface area contributed by atoms with Crippen molar-refractivity contribution in [1.29, 1.82) is 5.26 Å². The molecule has 0 aromatic heterocycles. The Morgan fingerprint density at radius 2 is 1.68 bits per heavy atom. The van der Waals surface area contributed by atoms with Gasteiger partial charge in [-0.1, -0.05) is 35.0 Å². The molecule has 0 aliphatic carbocycles. The monoisotopic (exact) mass is 315 g/mol. The lowest BCUT2D eigenvalue weighted by Crippen LogP contribution is -1.90. The second kappa shape index (κ2) is 5.79. The van der Waals surface area contributed by atoms with Crippen LogP contribution in [-0.2, 0) is 0 Å². The standard InChI is InChI=1S/C13H5Cl2F2NS/c14-8-1-2-9(15)12(5-8)19-13-10(16)3-7(6-18)4-11(13)17/h1-5H. The van der Waals surface area contributed by atoms with Crippen LogP contribution in [0.1, 0.15) is 5.56 Å². The SMILES string of the molecule is N#Cc1cc(F)c(Sc2cc(Cl)ccc2Cl)c(F)c1. The molecule has 0 aliphatic rings. The van der Waals surface area contributed by atoms with Crippen molar-refractivity contribution in [3.8, 4) is 6.07 Å². The van der Waals surface area contributed by atoms with Crippen molar-refractivity contribution in [1.82, 2.24) is 0 Å². The van der Waals surface area contributed by atoms with Gasteiger partial charge in [0.15, 0.2) is 0 Å². The number of nitriles is 1. The van der Waals surface area contributed by atoms with Crippen LogP contribution >= 0.6 is 35.0 Å². The van der Waals surface area contributed by atoms with Crippen LogP contribution in [0.2, 0.25) is 10.0 Å². The van der Waals surface area contributed by atoms with Gasteiger partial charge in [-0.25, -0.2) is 8.78 Å². The molecule has 0 heterocycles. The first-order valence-corrected chi connectivity index (χ1v) is 6.60. The smallest absolute Gasteiger partial charge is 0.141 e. The van der Waals surface area contributed by atoms with Crippen molar-refractivity contribution in [3.63, 3.8) is 0 Å². The molecule has 0 saturated heterocycles. The molecule has 0 aliphatic heterocycles. The second-order valence-electron chi connectivity index (χ2n) is 3.56. The van der Waals surface area contributed by atoms with Crippen LogP contribution < -0.4 is 0 Å². The summed E-state index contributed by atoms with van der Waals surface area (Å²) in [4.78, 5) is 0.222. The van der Waals surface area contributed by atoms with Gasteiger partial charge in [-0.15, -0.1) is 0 Å². The van der Waals surface area contributed by atoms with E-state index in [1.54, 1.807) is 18.2 Å². The van der Waals surface area contributed by atoms with Gasteiger partial charge < -0.3 is 0 Å². The largest absolute Gasteiger partial charge is 0.206 e. The lowest BCUT2D eigenvalue weighted by molar-refractivity contribution is 0.540. The molecular weight excluding hydrogens is 311 g/mol. The maximum absolute atomic E-state index is 13.7. The molecule has 2 aromatic carbocycles. The average Bonchev–Trinajstić information content (AvgIpc) is 2.37. The Morgan fingerprint density at radius 1 is 1.05 bits per heavy atom. The first-order valence-electron chi connectivity index (χ1n) is 5.03. The summed E-state index contributed by atoms with van der Waals surface area (Å²) in [6.45, 7) is 0. The Hall–Kier alpha value is -1.28. The molecule has 2 aromatic rings. The highest BCUT2D eigenvalue weighted by Crippen LogP contribution is 2.37. The molecule has 0 fully saturated rings. The predicted octanol–water partition coefficient (Wildman–Crippen LogP) is 5.29. The molecule has 1 nitrogen and oxygen atoms in total. The Kier molecular flexibility index (Phi) is 4.31. The van der Waals surface area contributed by atoms with Crippen molar-refractivity contribution in [2.24, 2.45) is 0 Å². The van der Waals surface area contributed by atoms with Gasteiger partial charge in [-0.3, -0.25) is 0 Å². The summed E-state index contributed by atoms with van der Waals surface area (Å²) >= 11 is 12.6. The highest BCUT2D eigenvalue weighted by Gasteiger charge is 2.14. The van der Waals surface area contributed by atoms with Crippen molar-refractivity contribution in [3.05, 3.63) is 57.6 Å². The summed E-state index contributed by atoms with van der Waals surface area (Å²) in [6.07, 6.45) is 0. The zero-order valence-electron chi connectivity index (χ0n) is 9.25. The van der Waals surface area contributed by atoms with E-state index in [9.17, 15) is 8.78 Å². The summed E-state index contributed by atoms with van der Waals surface area (Å²) < 4.78 is 27.5. The van der Waals surface area contributed by atoms with Gasteiger partial charge in [0.05, 0.1) is 21.6 Å². The third-order valence-electron chi connectivity index (χ3n) is 2.23. The lowest BCUT2D eigenvalue weighted by atomic mass is 10.2. The molecule has 0 amide bonds.